The lowest BCUT2D eigenvalue weighted by atomic mass is 10.2. The zero-order valence-electron chi connectivity index (χ0n) is 7.49. The first-order valence-electron chi connectivity index (χ1n) is 4.19. The van der Waals surface area contributed by atoms with E-state index < -0.39 is 0 Å². The Morgan fingerprint density at radius 2 is 2.29 bits per heavy atom. The van der Waals surface area contributed by atoms with Gasteiger partial charge in [-0.25, -0.2) is 0 Å². The van der Waals surface area contributed by atoms with Gasteiger partial charge in [-0.2, -0.15) is 0 Å². The molecule has 4 nitrogen and oxygen atoms in total. The van der Waals surface area contributed by atoms with Crippen LogP contribution in [0.4, 0.5) is 0 Å². The highest BCUT2D eigenvalue weighted by Gasteiger charge is 2.03. The van der Waals surface area contributed by atoms with E-state index >= 15 is 0 Å². The summed E-state index contributed by atoms with van der Waals surface area (Å²) in [5.74, 6) is 0.692. The summed E-state index contributed by atoms with van der Waals surface area (Å²) in [6.45, 7) is 0.101. The molecule has 0 fully saturated rings. The number of nitrogens with one attached hydrogen (secondary N) is 1. The van der Waals surface area contributed by atoms with Gasteiger partial charge in [-0.3, -0.25) is 5.41 Å². The number of fused-ring (bicyclic) bond motifs is 1. The molecule has 0 radical (unpaired) electrons. The Morgan fingerprint density at radius 1 is 1.43 bits per heavy atom. The van der Waals surface area contributed by atoms with Gasteiger partial charge in [0.25, 0.3) is 0 Å². The first-order valence-corrected chi connectivity index (χ1v) is 4.19. The van der Waals surface area contributed by atoms with Crippen molar-refractivity contribution in [1.29, 1.82) is 5.41 Å². The Morgan fingerprint density at radius 3 is 3.07 bits per heavy atom. The predicted molar refractivity (Wildman–Crippen MR) is 53.6 cm³/mol. The fourth-order valence-electron chi connectivity index (χ4n) is 1.25. The maximum absolute atomic E-state index is 7.04. The number of ether oxygens (including phenoxy) is 1. The molecule has 0 atom stereocenters. The van der Waals surface area contributed by atoms with Crippen molar-refractivity contribution < 1.29 is 9.15 Å². The Hall–Kier alpha value is -1.97. The lowest BCUT2D eigenvalue weighted by Crippen LogP contribution is -2.19. The normalized spacial score (nSPS) is 10.3. The molecular formula is C10H10N2O2. The molecule has 2 aromatic rings. The van der Waals surface area contributed by atoms with E-state index in [2.05, 4.69) is 0 Å². The molecule has 3 N–H and O–H groups in total. The Balaban J connectivity index is 2.32. The second-order valence-corrected chi connectivity index (χ2v) is 2.90. The van der Waals surface area contributed by atoms with E-state index in [-0.39, 0.29) is 12.4 Å². The topological polar surface area (TPSA) is 72.2 Å². The molecule has 0 saturated heterocycles. The van der Waals surface area contributed by atoms with Gasteiger partial charge in [-0.1, -0.05) is 6.07 Å². The van der Waals surface area contributed by atoms with E-state index in [0.717, 1.165) is 11.0 Å². The van der Waals surface area contributed by atoms with Crippen molar-refractivity contribution in [3.63, 3.8) is 0 Å². The Labute approximate surface area is 80.8 Å². The molecule has 0 unspecified atom stereocenters. The molecule has 0 bridgehead atoms. The number of benzene rings is 1. The number of hydrogen-bond donors (Lipinski definition) is 2. The molecule has 0 spiro atoms. The van der Waals surface area contributed by atoms with Crippen LogP contribution in [0.25, 0.3) is 11.0 Å². The van der Waals surface area contributed by atoms with Gasteiger partial charge >= 0.3 is 0 Å². The van der Waals surface area contributed by atoms with Crippen molar-refractivity contribution in [2.45, 2.75) is 0 Å². The van der Waals surface area contributed by atoms with Crippen LogP contribution in [0, 0.1) is 5.41 Å². The van der Waals surface area contributed by atoms with Gasteiger partial charge in [0, 0.05) is 0 Å². The quantitative estimate of drug-likeness (QED) is 0.572. The summed E-state index contributed by atoms with van der Waals surface area (Å²) in [7, 11) is 0. The van der Waals surface area contributed by atoms with Crippen LogP contribution in [0.2, 0.25) is 0 Å². The molecule has 2 rings (SSSR count). The van der Waals surface area contributed by atoms with Gasteiger partial charge in [-0.15, -0.1) is 0 Å². The molecule has 1 aromatic heterocycles. The third-order valence-electron chi connectivity index (χ3n) is 1.84. The molecule has 0 aliphatic rings. The molecule has 0 aliphatic heterocycles. The molecule has 1 aromatic carbocycles. The molecule has 72 valence electrons. The minimum Gasteiger partial charge on any atom is -0.485 e. The van der Waals surface area contributed by atoms with Crippen LogP contribution in [0.15, 0.2) is 34.9 Å². The Kier molecular flexibility index (Phi) is 2.10. The zero-order valence-corrected chi connectivity index (χ0v) is 7.49. The monoisotopic (exact) mass is 190 g/mol. The standard InChI is InChI=1S/C10H10N2O2/c11-10(12)6-14-9-3-1-2-8-7(9)4-5-13-8/h1-5H,6H2,(H3,11,12). The molecule has 0 saturated carbocycles. The number of amidine groups is 1. The van der Waals surface area contributed by atoms with Crippen molar-refractivity contribution in [1.82, 2.24) is 0 Å². The summed E-state index contributed by atoms with van der Waals surface area (Å²) in [5, 5.41) is 7.94. The third-order valence-corrected chi connectivity index (χ3v) is 1.84. The maximum atomic E-state index is 7.04. The molecule has 4 heteroatoms. The molecule has 0 amide bonds. The summed E-state index contributed by atoms with van der Waals surface area (Å²) in [6.07, 6.45) is 1.60. The number of rotatable bonds is 3. The van der Waals surface area contributed by atoms with E-state index in [1.54, 1.807) is 6.26 Å². The van der Waals surface area contributed by atoms with Crippen LogP contribution in [0.3, 0.4) is 0 Å². The minimum absolute atomic E-state index is 0.00509. The number of hydrogen-bond acceptors (Lipinski definition) is 3. The SMILES string of the molecule is N=C(N)COc1cccc2occc12. The highest BCUT2D eigenvalue weighted by molar-refractivity contribution is 5.84. The van der Waals surface area contributed by atoms with E-state index in [1.165, 1.54) is 0 Å². The largest absolute Gasteiger partial charge is 0.485 e. The number of furan rings is 1. The summed E-state index contributed by atoms with van der Waals surface area (Å²) in [6, 6.07) is 7.34. The van der Waals surface area contributed by atoms with Crippen LogP contribution in [-0.2, 0) is 0 Å². The zero-order chi connectivity index (χ0) is 9.97. The fourth-order valence-corrected chi connectivity index (χ4v) is 1.25. The molecule has 14 heavy (non-hydrogen) atoms. The van der Waals surface area contributed by atoms with Gasteiger partial charge in [0.05, 0.1) is 11.6 Å². The summed E-state index contributed by atoms with van der Waals surface area (Å²) in [4.78, 5) is 0. The lowest BCUT2D eigenvalue weighted by Gasteiger charge is -2.04. The molecule has 0 aliphatic carbocycles. The van der Waals surface area contributed by atoms with Crippen LogP contribution in [0.1, 0.15) is 0 Å². The Bertz CT molecular complexity index is 462. The first-order chi connectivity index (χ1) is 6.77. The second-order valence-electron chi connectivity index (χ2n) is 2.90. The van der Waals surface area contributed by atoms with Crippen LogP contribution < -0.4 is 10.5 Å². The maximum Gasteiger partial charge on any atom is 0.145 e. The van der Waals surface area contributed by atoms with E-state index in [0.29, 0.717) is 5.75 Å². The van der Waals surface area contributed by atoms with Gasteiger partial charge in [-0.05, 0) is 18.2 Å². The minimum atomic E-state index is 0.00509. The van der Waals surface area contributed by atoms with Gasteiger partial charge in [0.2, 0.25) is 0 Å². The van der Waals surface area contributed by atoms with Gasteiger partial charge in [0.1, 0.15) is 23.8 Å². The molecular weight excluding hydrogens is 180 g/mol. The van der Waals surface area contributed by atoms with Crippen molar-refractivity contribution in [3.05, 3.63) is 30.5 Å². The molecule has 1 heterocycles. The second kappa shape index (κ2) is 3.41. The average molecular weight is 190 g/mol. The van der Waals surface area contributed by atoms with Crippen molar-refractivity contribution in [3.8, 4) is 5.75 Å². The van der Waals surface area contributed by atoms with Crippen LogP contribution in [-0.4, -0.2) is 12.4 Å². The summed E-state index contributed by atoms with van der Waals surface area (Å²) >= 11 is 0. The number of nitrogens with two attached hydrogens (primary N) is 1. The first kappa shape index (κ1) is 8.62. The smallest absolute Gasteiger partial charge is 0.145 e. The van der Waals surface area contributed by atoms with Crippen LogP contribution >= 0.6 is 0 Å². The predicted octanol–water partition coefficient (Wildman–Crippen LogP) is 1.75. The van der Waals surface area contributed by atoms with Crippen LogP contribution in [0.5, 0.6) is 5.75 Å². The summed E-state index contributed by atoms with van der Waals surface area (Å²) in [5.41, 5.74) is 5.96. The third kappa shape index (κ3) is 1.54. The van der Waals surface area contributed by atoms with Crippen molar-refractivity contribution >= 4 is 16.8 Å². The summed E-state index contributed by atoms with van der Waals surface area (Å²) < 4.78 is 10.5. The van der Waals surface area contributed by atoms with E-state index in [9.17, 15) is 0 Å². The highest BCUT2D eigenvalue weighted by atomic mass is 16.5. The highest BCUT2D eigenvalue weighted by Crippen LogP contribution is 2.25. The lowest BCUT2D eigenvalue weighted by molar-refractivity contribution is 0.379. The van der Waals surface area contributed by atoms with E-state index in [4.69, 9.17) is 20.3 Å². The van der Waals surface area contributed by atoms with E-state index in [1.807, 2.05) is 24.3 Å². The fraction of sp³-hybridized carbons (Fsp3) is 0.100. The van der Waals surface area contributed by atoms with Crippen molar-refractivity contribution in [2.75, 3.05) is 6.61 Å². The average Bonchev–Trinajstić information content (AvgIpc) is 2.62. The van der Waals surface area contributed by atoms with Gasteiger partial charge < -0.3 is 14.9 Å². The van der Waals surface area contributed by atoms with Gasteiger partial charge in [0.15, 0.2) is 0 Å². The van der Waals surface area contributed by atoms with Crippen molar-refractivity contribution in [2.24, 2.45) is 5.73 Å².